The first-order valence-corrected chi connectivity index (χ1v) is 7.77. The molecule has 3 heterocycles. The number of hydrogen-bond donors (Lipinski definition) is 0. The Morgan fingerprint density at radius 1 is 1.36 bits per heavy atom. The van der Waals surface area contributed by atoms with Crippen molar-refractivity contribution in [2.24, 2.45) is 5.92 Å². The van der Waals surface area contributed by atoms with Gasteiger partial charge < -0.3 is 0 Å². The van der Waals surface area contributed by atoms with E-state index in [-0.39, 0.29) is 0 Å². The van der Waals surface area contributed by atoms with Crippen molar-refractivity contribution in [1.29, 1.82) is 0 Å². The molecule has 1 unspecified atom stereocenters. The third kappa shape index (κ3) is 2.22. The second-order valence-corrected chi connectivity index (χ2v) is 5.95. The number of imidazole rings is 1. The summed E-state index contributed by atoms with van der Waals surface area (Å²) in [5, 5.41) is 4.55. The average Bonchev–Trinajstić information content (AvgIpc) is 3.07. The van der Waals surface area contributed by atoms with Crippen LogP contribution < -0.4 is 0 Å². The number of allylic oxidation sites excluding steroid dienone is 1. The highest BCUT2D eigenvalue weighted by Crippen LogP contribution is 2.39. The van der Waals surface area contributed by atoms with Gasteiger partial charge in [0.15, 0.2) is 0 Å². The van der Waals surface area contributed by atoms with Crippen molar-refractivity contribution < 1.29 is 0 Å². The summed E-state index contributed by atoms with van der Waals surface area (Å²) in [6.45, 7) is 4.23. The standard InChI is InChI=1S/C17H19N5/c1-3-4-15-9-16-18-7-8-21(16)17(20-15)14-10-19-22(11-14)12(2)13-5-6-13/h3-4,7-13H,5-6H2,1-2H3. The summed E-state index contributed by atoms with van der Waals surface area (Å²) in [5.74, 6) is 1.67. The van der Waals surface area contributed by atoms with Crippen LogP contribution in [0.4, 0.5) is 0 Å². The Kier molecular flexibility index (Phi) is 3.06. The van der Waals surface area contributed by atoms with E-state index in [0.717, 1.165) is 28.6 Å². The maximum absolute atomic E-state index is 4.75. The van der Waals surface area contributed by atoms with Crippen molar-refractivity contribution >= 4 is 11.7 Å². The Morgan fingerprint density at radius 3 is 3.00 bits per heavy atom. The van der Waals surface area contributed by atoms with E-state index in [1.807, 2.05) is 41.9 Å². The predicted molar refractivity (Wildman–Crippen MR) is 86.4 cm³/mol. The molecule has 5 nitrogen and oxygen atoms in total. The Hall–Kier alpha value is -2.43. The average molecular weight is 293 g/mol. The van der Waals surface area contributed by atoms with Crippen LogP contribution in [0.15, 0.2) is 36.9 Å². The minimum absolute atomic E-state index is 0.464. The highest BCUT2D eigenvalue weighted by molar-refractivity contribution is 5.62. The van der Waals surface area contributed by atoms with Crippen LogP contribution in [0.5, 0.6) is 0 Å². The van der Waals surface area contributed by atoms with Crippen molar-refractivity contribution in [1.82, 2.24) is 24.1 Å². The number of hydrogen-bond acceptors (Lipinski definition) is 3. The lowest BCUT2D eigenvalue weighted by atomic mass is 10.2. The molecule has 0 bridgehead atoms. The topological polar surface area (TPSA) is 48.0 Å². The van der Waals surface area contributed by atoms with Gasteiger partial charge in [0.05, 0.1) is 23.5 Å². The van der Waals surface area contributed by atoms with Gasteiger partial charge in [0.25, 0.3) is 0 Å². The van der Waals surface area contributed by atoms with Crippen LogP contribution in [0.2, 0.25) is 0 Å². The highest BCUT2D eigenvalue weighted by Gasteiger charge is 2.29. The number of fused-ring (bicyclic) bond motifs is 1. The van der Waals surface area contributed by atoms with Crippen LogP contribution in [-0.4, -0.2) is 24.1 Å². The third-order valence-corrected chi connectivity index (χ3v) is 4.33. The Bertz CT molecular complexity index is 838. The normalized spacial score (nSPS) is 16.6. The fraction of sp³-hybridized carbons (Fsp3) is 0.353. The molecule has 0 spiro atoms. The summed E-state index contributed by atoms with van der Waals surface area (Å²) >= 11 is 0. The van der Waals surface area contributed by atoms with Crippen molar-refractivity contribution in [3.05, 3.63) is 42.6 Å². The first-order chi connectivity index (χ1) is 10.8. The van der Waals surface area contributed by atoms with Crippen LogP contribution in [-0.2, 0) is 0 Å². The number of rotatable bonds is 4. The zero-order valence-corrected chi connectivity index (χ0v) is 12.8. The molecule has 1 aliphatic rings. The molecule has 3 aromatic heterocycles. The molecule has 0 aliphatic heterocycles. The quantitative estimate of drug-likeness (QED) is 0.738. The van der Waals surface area contributed by atoms with Gasteiger partial charge in [-0.3, -0.25) is 9.08 Å². The van der Waals surface area contributed by atoms with E-state index in [9.17, 15) is 0 Å². The first-order valence-electron chi connectivity index (χ1n) is 7.77. The Morgan fingerprint density at radius 2 is 2.23 bits per heavy atom. The van der Waals surface area contributed by atoms with E-state index in [0.29, 0.717) is 6.04 Å². The van der Waals surface area contributed by atoms with Gasteiger partial charge in [0, 0.05) is 24.7 Å². The summed E-state index contributed by atoms with van der Waals surface area (Å²) < 4.78 is 4.08. The van der Waals surface area contributed by atoms with Gasteiger partial charge in [-0.15, -0.1) is 0 Å². The number of aromatic nitrogens is 5. The zero-order chi connectivity index (χ0) is 15.1. The third-order valence-electron chi connectivity index (χ3n) is 4.33. The van der Waals surface area contributed by atoms with Gasteiger partial charge in [0.2, 0.25) is 0 Å². The van der Waals surface area contributed by atoms with Gasteiger partial charge >= 0.3 is 0 Å². The molecule has 1 atom stereocenters. The van der Waals surface area contributed by atoms with E-state index in [1.54, 1.807) is 6.20 Å². The fourth-order valence-electron chi connectivity index (χ4n) is 2.87. The lowest BCUT2D eigenvalue weighted by molar-refractivity contribution is 0.440. The molecule has 3 aromatic rings. The van der Waals surface area contributed by atoms with Gasteiger partial charge in [0.1, 0.15) is 11.5 Å². The maximum atomic E-state index is 4.75. The molecule has 0 radical (unpaired) electrons. The molecule has 1 fully saturated rings. The second kappa shape index (κ2) is 5.09. The molecular weight excluding hydrogens is 274 g/mol. The lowest BCUT2D eigenvalue weighted by Gasteiger charge is -2.09. The van der Waals surface area contributed by atoms with Crippen molar-refractivity contribution in [2.75, 3.05) is 0 Å². The summed E-state index contributed by atoms with van der Waals surface area (Å²) in [6, 6.07) is 2.45. The van der Waals surface area contributed by atoms with E-state index < -0.39 is 0 Å². The maximum Gasteiger partial charge on any atom is 0.149 e. The van der Waals surface area contributed by atoms with Crippen LogP contribution in [0.3, 0.4) is 0 Å². The second-order valence-electron chi connectivity index (χ2n) is 5.95. The molecule has 0 aromatic carbocycles. The monoisotopic (exact) mass is 293 g/mol. The Labute approximate surface area is 129 Å². The Balaban J connectivity index is 1.80. The summed E-state index contributed by atoms with van der Waals surface area (Å²) in [5.41, 5.74) is 2.85. The number of nitrogens with zero attached hydrogens (tertiary/aromatic N) is 5. The van der Waals surface area contributed by atoms with Crippen LogP contribution in [0, 0.1) is 5.92 Å². The van der Waals surface area contributed by atoms with Crippen LogP contribution >= 0.6 is 0 Å². The summed E-state index contributed by atoms with van der Waals surface area (Å²) in [7, 11) is 0. The molecule has 112 valence electrons. The SMILES string of the molecule is CC=Cc1cc2nccn2c(-c2cnn(C(C)C3CC3)c2)n1. The fourth-order valence-corrected chi connectivity index (χ4v) is 2.87. The van der Waals surface area contributed by atoms with E-state index >= 15 is 0 Å². The molecule has 0 saturated heterocycles. The van der Waals surface area contributed by atoms with Gasteiger partial charge in [-0.1, -0.05) is 6.08 Å². The van der Waals surface area contributed by atoms with E-state index in [2.05, 4.69) is 27.9 Å². The van der Waals surface area contributed by atoms with E-state index in [4.69, 9.17) is 4.98 Å². The molecule has 4 rings (SSSR count). The molecular formula is C17H19N5. The smallest absolute Gasteiger partial charge is 0.149 e. The zero-order valence-electron chi connectivity index (χ0n) is 12.8. The molecule has 5 heteroatoms. The molecule has 1 aliphatic carbocycles. The molecule has 1 saturated carbocycles. The van der Waals surface area contributed by atoms with Gasteiger partial charge in [-0.25, -0.2) is 9.97 Å². The lowest BCUT2D eigenvalue weighted by Crippen LogP contribution is -2.07. The van der Waals surface area contributed by atoms with Crippen LogP contribution in [0.1, 0.15) is 38.4 Å². The van der Waals surface area contributed by atoms with Gasteiger partial charge in [-0.05, 0) is 38.7 Å². The molecule has 0 N–H and O–H groups in total. The highest BCUT2D eigenvalue weighted by atomic mass is 15.3. The van der Waals surface area contributed by atoms with Crippen LogP contribution in [0.25, 0.3) is 23.1 Å². The summed E-state index contributed by atoms with van der Waals surface area (Å²) in [6.07, 6.45) is 14.4. The van der Waals surface area contributed by atoms with Crippen molar-refractivity contribution in [2.45, 2.75) is 32.7 Å². The molecule has 22 heavy (non-hydrogen) atoms. The minimum atomic E-state index is 0.464. The van der Waals surface area contributed by atoms with E-state index in [1.165, 1.54) is 12.8 Å². The van der Waals surface area contributed by atoms with Crippen molar-refractivity contribution in [3.8, 4) is 11.4 Å². The predicted octanol–water partition coefficient (Wildman–Crippen LogP) is 3.60. The summed E-state index contributed by atoms with van der Waals surface area (Å²) in [4.78, 5) is 9.14. The minimum Gasteiger partial charge on any atom is -0.284 e. The largest absolute Gasteiger partial charge is 0.284 e. The van der Waals surface area contributed by atoms with Crippen molar-refractivity contribution in [3.63, 3.8) is 0 Å². The van der Waals surface area contributed by atoms with Gasteiger partial charge in [-0.2, -0.15) is 5.10 Å². The first kappa shape index (κ1) is 13.2. The molecule has 0 amide bonds.